The lowest BCUT2D eigenvalue weighted by atomic mass is 10.1. The van der Waals surface area contributed by atoms with Crippen LogP contribution in [-0.2, 0) is 15.7 Å². The Bertz CT molecular complexity index is 936. The molecule has 144 valence electrons. The Morgan fingerprint density at radius 1 is 1.22 bits per heavy atom. The number of carbonyl (C=O) groups is 2. The minimum atomic E-state index is -4.66. The molecule has 0 bridgehead atoms. The van der Waals surface area contributed by atoms with Crippen LogP contribution in [0.25, 0.3) is 5.69 Å². The number of benzene rings is 1. The molecule has 0 unspecified atom stereocenters. The number of alkyl halides is 3. The first-order valence-electron chi connectivity index (χ1n) is 7.67. The summed E-state index contributed by atoms with van der Waals surface area (Å²) in [4.78, 5) is 36.8. The van der Waals surface area contributed by atoms with E-state index in [0.717, 1.165) is 22.9 Å². The van der Waals surface area contributed by atoms with E-state index in [9.17, 15) is 27.6 Å². The minimum absolute atomic E-state index is 0.0950. The van der Waals surface area contributed by atoms with E-state index >= 15 is 0 Å². The molecule has 0 aliphatic rings. The van der Waals surface area contributed by atoms with Crippen molar-refractivity contribution in [2.45, 2.75) is 13.1 Å². The Morgan fingerprint density at radius 3 is 2.44 bits per heavy atom. The van der Waals surface area contributed by atoms with Crippen LogP contribution in [0.4, 0.5) is 13.2 Å². The monoisotopic (exact) mass is 383 g/mol. The van der Waals surface area contributed by atoms with Gasteiger partial charge >= 0.3 is 12.1 Å². The number of halogens is 3. The van der Waals surface area contributed by atoms with Crippen LogP contribution in [0.15, 0.2) is 35.1 Å². The topological polar surface area (TPSA) is 81.5 Å². The molecule has 2 aromatic rings. The Kier molecular flexibility index (Phi) is 5.67. The first-order chi connectivity index (χ1) is 12.5. The van der Waals surface area contributed by atoms with Crippen molar-refractivity contribution < 1.29 is 27.5 Å². The van der Waals surface area contributed by atoms with Crippen LogP contribution in [0.5, 0.6) is 0 Å². The van der Waals surface area contributed by atoms with Crippen LogP contribution in [-0.4, -0.2) is 47.3 Å². The van der Waals surface area contributed by atoms with Crippen molar-refractivity contribution in [1.29, 1.82) is 0 Å². The third-order valence-electron chi connectivity index (χ3n) is 3.56. The number of rotatable bonds is 4. The zero-order valence-electron chi connectivity index (χ0n) is 14.7. The predicted molar refractivity (Wildman–Crippen MR) is 88.5 cm³/mol. The number of likely N-dealkylation sites (N-methyl/N-ethyl adjacent to an activating group) is 1. The van der Waals surface area contributed by atoms with Gasteiger partial charge in [-0.2, -0.15) is 18.3 Å². The summed E-state index contributed by atoms with van der Waals surface area (Å²) < 4.78 is 45.3. The van der Waals surface area contributed by atoms with Gasteiger partial charge in [-0.25, -0.2) is 9.48 Å². The maximum absolute atomic E-state index is 13.3. The van der Waals surface area contributed by atoms with Crippen molar-refractivity contribution in [1.82, 2.24) is 14.7 Å². The zero-order valence-corrected chi connectivity index (χ0v) is 14.7. The molecule has 0 saturated heterocycles. The van der Waals surface area contributed by atoms with Gasteiger partial charge in [0.25, 0.3) is 5.91 Å². The molecule has 0 aliphatic heterocycles. The van der Waals surface area contributed by atoms with Crippen LogP contribution in [0.2, 0.25) is 0 Å². The number of nitrogens with zero attached hydrogens (tertiary/aromatic N) is 3. The zero-order chi connectivity index (χ0) is 20.4. The number of aromatic nitrogens is 2. The SMILES string of the molecule is Cc1cc(=O)c(C(=O)OCC(=O)N(C)C)nn1-c1ccccc1C(F)(F)F. The maximum atomic E-state index is 13.3. The summed E-state index contributed by atoms with van der Waals surface area (Å²) in [5.41, 5.74) is -2.77. The summed E-state index contributed by atoms with van der Waals surface area (Å²) in [7, 11) is 2.89. The van der Waals surface area contributed by atoms with E-state index in [4.69, 9.17) is 4.74 Å². The molecular formula is C17H16F3N3O4. The van der Waals surface area contributed by atoms with E-state index in [0.29, 0.717) is 0 Å². The Hall–Kier alpha value is -3.17. The number of hydrogen-bond donors (Lipinski definition) is 0. The number of aryl methyl sites for hydroxylation is 1. The molecule has 2 rings (SSSR count). The van der Waals surface area contributed by atoms with Crippen molar-refractivity contribution in [3.8, 4) is 5.69 Å². The largest absolute Gasteiger partial charge is 0.451 e. The second kappa shape index (κ2) is 7.60. The third kappa shape index (κ3) is 4.52. The first-order valence-corrected chi connectivity index (χ1v) is 7.67. The van der Waals surface area contributed by atoms with Crippen molar-refractivity contribution in [2.24, 2.45) is 0 Å². The molecule has 27 heavy (non-hydrogen) atoms. The van der Waals surface area contributed by atoms with Gasteiger partial charge in [0.15, 0.2) is 6.61 Å². The Morgan fingerprint density at radius 2 is 1.85 bits per heavy atom. The molecule has 0 N–H and O–H groups in total. The highest BCUT2D eigenvalue weighted by Gasteiger charge is 2.34. The molecule has 7 nitrogen and oxygen atoms in total. The molecule has 1 aromatic carbocycles. The van der Waals surface area contributed by atoms with Gasteiger partial charge in [0.2, 0.25) is 11.1 Å². The standard InChI is InChI=1S/C17H16F3N3O4/c1-10-8-13(24)15(16(26)27-9-14(25)22(2)3)21-23(10)12-7-5-4-6-11(12)17(18,19)20/h4-8H,9H2,1-3H3. The number of para-hydroxylation sites is 1. The summed E-state index contributed by atoms with van der Waals surface area (Å²) in [6.07, 6.45) is -4.66. The number of amides is 1. The van der Waals surface area contributed by atoms with Crippen molar-refractivity contribution >= 4 is 11.9 Å². The quantitative estimate of drug-likeness (QED) is 0.752. The molecule has 1 amide bonds. The molecule has 1 aromatic heterocycles. The van der Waals surface area contributed by atoms with Gasteiger partial charge in [-0.1, -0.05) is 12.1 Å². The number of esters is 1. The van der Waals surface area contributed by atoms with Gasteiger partial charge in [-0.05, 0) is 19.1 Å². The highest BCUT2D eigenvalue weighted by Crippen LogP contribution is 2.33. The van der Waals surface area contributed by atoms with Crippen LogP contribution in [0, 0.1) is 6.92 Å². The molecule has 10 heteroatoms. The van der Waals surface area contributed by atoms with E-state index < -0.39 is 41.3 Å². The highest BCUT2D eigenvalue weighted by atomic mass is 19.4. The summed E-state index contributed by atoms with van der Waals surface area (Å²) in [5, 5.41) is 3.74. The van der Waals surface area contributed by atoms with Gasteiger partial charge in [-0.15, -0.1) is 0 Å². The molecule has 0 saturated carbocycles. The summed E-state index contributed by atoms with van der Waals surface area (Å²) in [6.45, 7) is 0.756. The third-order valence-corrected chi connectivity index (χ3v) is 3.56. The number of hydrogen-bond acceptors (Lipinski definition) is 5. The number of carbonyl (C=O) groups excluding carboxylic acids is 2. The van der Waals surface area contributed by atoms with Crippen molar-refractivity contribution in [2.75, 3.05) is 20.7 Å². The van der Waals surface area contributed by atoms with Crippen molar-refractivity contribution in [3.63, 3.8) is 0 Å². The Labute approximate surface area is 152 Å². The van der Waals surface area contributed by atoms with E-state index in [-0.39, 0.29) is 11.4 Å². The fraction of sp³-hybridized carbons (Fsp3) is 0.294. The lowest BCUT2D eigenvalue weighted by molar-refractivity contribution is -0.137. The van der Waals surface area contributed by atoms with Gasteiger partial charge in [-0.3, -0.25) is 9.59 Å². The molecule has 0 spiro atoms. The van der Waals surface area contributed by atoms with Crippen molar-refractivity contribution in [3.05, 3.63) is 57.5 Å². The summed E-state index contributed by atoms with van der Waals surface area (Å²) in [6, 6.07) is 5.59. The maximum Gasteiger partial charge on any atom is 0.418 e. The summed E-state index contributed by atoms with van der Waals surface area (Å²) >= 11 is 0. The normalized spacial score (nSPS) is 11.2. The molecule has 1 heterocycles. The van der Waals surface area contributed by atoms with Crippen LogP contribution >= 0.6 is 0 Å². The fourth-order valence-corrected chi connectivity index (χ4v) is 2.16. The lowest BCUT2D eigenvalue weighted by Gasteiger charge is -2.16. The molecular weight excluding hydrogens is 367 g/mol. The highest BCUT2D eigenvalue weighted by molar-refractivity contribution is 5.89. The second-order valence-corrected chi connectivity index (χ2v) is 5.79. The predicted octanol–water partition coefficient (Wildman–Crippen LogP) is 1.80. The van der Waals surface area contributed by atoms with Crippen LogP contribution in [0.1, 0.15) is 21.7 Å². The molecule has 0 fully saturated rings. The van der Waals surface area contributed by atoms with Crippen LogP contribution in [0.3, 0.4) is 0 Å². The molecule has 0 radical (unpaired) electrons. The minimum Gasteiger partial charge on any atom is -0.451 e. The van der Waals surface area contributed by atoms with E-state index in [1.54, 1.807) is 0 Å². The van der Waals surface area contributed by atoms with Crippen LogP contribution < -0.4 is 5.43 Å². The lowest BCUT2D eigenvalue weighted by Crippen LogP contribution is -2.30. The van der Waals surface area contributed by atoms with E-state index in [1.165, 1.54) is 38.1 Å². The van der Waals surface area contributed by atoms with E-state index in [2.05, 4.69) is 5.10 Å². The van der Waals surface area contributed by atoms with E-state index in [1.807, 2.05) is 0 Å². The Balaban J connectivity index is 2.48. The first kappa shape index (κ1) is 20.1. The average molecular weight is 383 g/mol. The summed E-state index contributed by atoms with van der Waals surface area (Å²) in [5.74, 6) is -1.73. The van der Waals surface area contributed by atoms with Gasteiger partial charge in [0.05, 0.1) is 11.3 Å². The average Bonchev–Trinajstić information content (AvgIpc) is 2.58. The fourth-order valence-electron chi connectivity index (χ4n) is 2.16. The number of ether oxygens (including phenoxy) is 1. The van der Waals surface area contributed by atoms with Gasteiger partial charge < -0.3 is 9.64 Å². The second-order valence-electron chi connectivity index (χ2n) is 5.79. The molecule has 0 atom stereocenters. The smallest absolute Gasteiger partial charge is 0.418 e. The van der Waals surface area contributed by atoms with Gasteiger partial charge in [0, 0.05) is 25.9 Å². The molecule has 0 aliphatic carbocycles. The van der Waals surface area contributed by atoms with Gasteiger partial charge in [0.1, 0.15) is 0 Å².